The number of aliphatic hydroxyl groups is 1. The second kappa shape index (κ2) is 5.33. The summed E-state index contributed by atoms with van der Waals surface area (Å²) in [6.07, 6.45) is 6.88. The minimum Gasteiger partial charge on any atom is -0.391 e. The summed E-state index contributed by atoms with van der Waals surface area (Å²) in [4.78, 5) is 12.2. The van der Waals surface area contributed by atoms with Gasteiger partial charge in [0.2, 0.25) is 0 Å². The molecular formula is C16H21NO2. The summed E-state index contributed by atoms with van der Waals surface area (Å²) in [5.74, 6) is -0.0411. The summed E-state index contributed by atoms with van der Waals surface area (Å²) in [7, 11) is 0. The monoisotopic (exact) mass is 259 g/mol. The molecule has 2 aliphatic carbocycles. The molecule has 3 nitrogen and oxygen atoms in total. The van der Waals surface area contributed by atoms with Crippen molar-refractivity contribution in [2.45, 2.75) is 57.1 Å². The fourth-order valence-corrected chi connectivity index (χ4v) is 3.24. The van der Waals surface area contributed by atoms with Crippen LogP contribution < -0.4 is 5.32 Å². The molecule has 0 unspecified atom stereocenters. The second-order valence-electron chi connectivity index (χ2n) is 5.77. The Labute approximate surface area is 114 Å². The Morgan fingerprint density at radius 2 is 1.89 bits per heavy atom. The first-order chi connectivity index (χ1) is 9.24. The van der Waals surface area contributed by atoms with E-state index in [4.69, 9.17) is 0 Å². The van der Waals surface area contributed by atoms with Crippen LogP contribution in [-0.4, -0.2) is 23.2 Å². The maximum atomic E-state index is 12.2. The van der Waals surface area contributed by atoms with E-state index in [-0.39, 0.29) is 18.1 Å². The predicted octanol–water partition coefficient (Wildman–Crippen LogP) is 2.21. The van der Waals surface area contributed by atoms with Gasteiger partial charge in [-0.2, -0.15) is 0 Å². The molecule has 2 N–H and O–H groups in total. The number of aryl methyl sites for hydroxylation is 2. The number of aliphatic hydroxyl groups excluding tert-OH is 1. The summed E-state index contributed by atoms with van der Waals surface area (Å²) in [5.41, 5.74) is 3.43. The van der Waals surface area contributed by atoms with Gasteiger partial charge in [-0.15, -0.1) is 0 Å². The zero-order valence-electron chi connectivity index (χ0n) is 11.2. The standard InChI is InChI=1S/C16H21NO2/c18-15-7-2-1-6-14(15)17-16(19)13-9-8-11-4-3-5-12(11)10-13/h8-10,14-15,18H,1-7H2,(H,17,19)/t14-,15-/m1/s1. The van der Waals surface area contributed by atoms with Gasteiger partial charge in [-0.25, -0.2) is 0 Å². The summed E-state index contributed by atoms with van der Waals surface area (Å²) >= 11 is 0. The highest BCUT2D eigenvalue weighted by Gasteiger charge is 2.25. The Hall–Kier alpha value is -1.35. The van der Waals surface area contributed by atoms with E-state index < -0.39 is 0 Å². The molecule has 102 valence electrons. The third-order valence-electron chi connectivity index (χ3n) is 4.41. The molecule has 1 aromatic carbocycles. The first-order valence-electron chi connectivity index (χ1n) is 7.35. The molecule has 0 spiro atoms. The molecule has 0 radical (unpaired) electrons. The normalized spacial score (nSPS) is 25.9. The van der Waals surface area contributed by atoms with Crippen molar-refractivity contribution in [3.8, 4) is 0 Å². The van der Waals surface area contributed by atoms with Crippen LogP contribution in [0.3, 0.4) is 0 Å². The maximum absolute atomic E-state index is 12.2. The number of amides is 1. The molecule has 2 aliphatic rings. The van der Waals surface area contributed by atoms with Crippen LogP contribution in [0.2, 0.25) is 0 Å². The number of fused-ring (bicyclic) bond motifs is 1. The third-order valence-corrected chi connectivity index (χ3v) is 4.41. The molecule has 0 heterocycles. The number of hydrogen-bond acceptors (Lipinski definition) is 2. The van der Waals surface area contributed by atoms with Crippen LogP contribution in [0, 0.1) is 0 Å². The van der Waals surface area contributed by atoms with Gasteiger partial charge in [0.1, 0.15) is 0 Å². The predicted molar refractivity (Wildman–Crippen MR) is 74.2 cm³/mol. The first kappa shape index (κ1) is 12.7. The lowest BCUT2D eigenvalue weighted by Crippen LogP contribution is -2.45. The highest BCUT2D eigenvalue weighted by atomic mass is 16.3. The van der Waals surface area contributed by atoms with Crippen molar-refractivity contribution >= 4 is 5.91 Å². The Balaban J connectivity index is 1.70. The van der Waals surface area contributed by atoms with E-state index in [1.54, 1.807) is 0 Å². The molecule has 2 atom stereocenters. The van der Waals surface area contributed by atoms with Crippen molar-refractivity contribution < 1.29 is 9.90 Å². The van der Waals surface area contributed by atoms with Crippen LogP contribution in [-0.2, 0) is 12.8 Å². The number of benzene rings is 1. The van der Waals surface area contributed by atoms with E-state index in [2.05, 4.69) is 11.4 Å². The molecule has 0 saturated heterocycles. The van der Waals surface area contributed by atoms with Crippen LogP contribution >= 0.6 is 0 Å². The van der Waals surface area contributed by atoms with Crippen molar-refractivity contribution in [1.82, 2.24) is 5.32 Å². The maximum Gasteiger partial charge on any atom is 0.251 e. The zero-order chi connectivity index (χ0) is 13.2. The number of carbonyl (C=O) groups is 1. The molecule has 0 aromatic heterocycles. The van der Waals surface area contributed by atoms with Gasteiger partial charge in [-0.1, -0.05) is 18.9 Å². The minimum absolute atomic E-state index is 0.0411. The van der Waals surface area contributed by atoms with Crippen molar-refractivity contribution in [2.75, 3.05) is 0 Å². The molecular weight excluding hydrogens is 238 g/mol. The lowest BCUT2D eigenvalue weighted by Gasteiger charge is -2.28. The zero-order valence-corrected chi connectivity index (χ0v) is 11.2. The van der Waals surface area contributed by atoms with Gasteiger partial charge < -0.3 is 10.4 Å². The molecule has 1 saturated carbocycles. The Morgan fingerprint density at radius 1 is 1.11 bits per heavy atom. The van der Waals surface area contributed by atoms with Crippen molar-refractivity contribution in [3.63, 3.8) is 0 Å². The fraction of sp³-hybridized carbons (Fsp3) is 0.562. The van der Waals surface area contributed by atoms with Crippen molar-refractivity contribution in [1.29, 1.82) is 0 Å². The van der Waals surface area contributed by atoms with Crippen molar-refractivity contribution in [3.05, 3.63) is 34.9 Å². The van der Waals surface area contributed by atoms with Crippen LogP contribution in [0.1, 0.15) is 53.6 Å². The van der Waals surface area contributed by atoms with Gasteiger partial charge in [0, 0.05) is 5.56 Å². The SMILES string of the molecule is O=C(N[C@@H]1CCCC[C@H]1O)c1ccc2c(c1)CCC2. The number of carbonyl (C=O) groups excluding carboxylic acids is 1. The summed E-state index contributed by atoms with van der Waals surface area (Å²) in [6.45, 7) is 0. The van der Waals surface area contributed by atoms with Gasteiger partial charge >= 0.3 is 0 Å². The molecule has 0 aliphatic heterocycles. The molecule has 1 fully saturated rings. The smallest absolute Gasteiger partial charge is 0.251 e. The molecule has 1 amide bonds. The van der Waals surface area contributed by atoms with Gasteiger partial charge in [0.15, 0.2) is 0 Å². The summed E-state index contributed by atoms with van der Waals surface area (Å²) < 4.78 is 0. The van der Waals surface area contributed by atoms with E-state index in [0.29, 0.717) is 0 Å². The Bertz CT molecular complexity index is 484. The fourth-order valence-electron chi connectivity index (χ4n) is 3.24. The lowest BCUT2D eigenvalue weighted by atomic mass is 9.92. The van der Waals surface area contributed by atoms with Crippen LogP contribution in [0.25, 0.3) is 0 Å². The number of nitrogens with one attached hydrogen (secondary N) is 1. The van der Waals surface area contributed by atoms with Gasteiger partial charge in [-0.3, -0.25) is 4.79 Å². The van der Waals surface area contributed by atoms with E-state index >= 15 is 0 Å². The largest absolute Gasteiger partial charge is 0.391 e. The first-order valence-corrected chi connectivity index (χ1v) is 7.35. The summed E-state index contributed by atoms with van der Waals surface area (Å²) in [6, 6.07) is 5.94. The molecule has 3 heteroatoms. The molecule has 0 bridgehead atoms. The highest BCUT2D eigenvalue weighted by molar-refractivity contribution is 5.94. The molecule has 1 aromatic rings. The van der Waals surface area contributed by atoms with Crippen LogP contribution in [0.15, 0.2) is 18.2 Å². The van der Waals surface area contributed by atoms with Crippen LogP contribution in [0.5, 0.6) is 0 Å². The van der Waals surface area contributed by atoms with Crippen LogP contribution in [0.4, 0.5) is 0 Å². The quantitative estimate of drug-likeness (QED) is 0.855. The van der Waals surface area contributed by atoms with Gasteiger partial charge in [-0.05, 0) is 55.4 Å². The lowest BCUT2D eigenvalue weighted by molar-refractivity contribution is 0.0717. The number of hydrogen-bond donors (Lipinski definition) is 2. The van der Waals surface area contributed by atoms with Crippen molar-refractivity contribution in [2.24, 2.45) is 0 Å². The van der Waals surface area contributed by atoms with Gasteiger partial charge in [0.25, 0.3) is 5.91 Å². The highest BCUT2D eigenvalue weighted by Crippen LogP contribution is 2.23. The van der Waals surface area contributed by atoms with E-state index in [0.717, 1.165) is 44.1 Å². The summed E-state index contributed by atoms with van der Waals surface area (Å²) in [5, 5.41) is 12.9. The van der Waals surface area contributed by atoms with E-state index in [9.17, 15) is 9.90 Å². The third kappa shape index (κ3) is 2.66. The van der Waals surface area contributed by atoms with E-state index in [1.165, 1.54) is 17.5 Å². The number of rotatable bonds is 2. The molecule has 3 rings (SSSR count). The Morgan fingerprint density at radius 3 is 2.74 bits per heavy atom. The minimum atomic E-state index is -0.382. The molecule has 19 heavy (non-hydrogen) atoms. The Kier molecular flexibility index (Phi) is 3.56. The average molecular weight is 259 g/mol. The van der Waals surface area contributed by atoms with E-state index in [1.807, 2.05) is 12.1 Å². The topological polar surface area (TPSA) is 49.3 Å². The van der Waals surface area contributed by atoms with Gasteiger partial charge in [0.05, 0.1) is 12.1 Å². The second-order valence-corrected chi connectivity index (χ2v) is 5.77. The average Bonchev–Trinajstić information content (AvgIpc) is 2.88.